The van der Waals surface area contributed by atoms with E-state index in [-0.39, 0.29) is 10.8 Å². The van der Waals surface area contributed by atoms with Gasteiger partial charge in [0.2, 0.25) is 0 Å². The number of alkyl halides is 3. The van der Waals surface area contributed by atoms with Crippen LogP contribution in [-0.2, 0) is 6.18 Å². The number of nitrogens with zero attached hydrogens (tertiary/aromatic N) is 1. The third-order valence-electron chi connectivity index (χ3n) is 2.38. The number of nitrogens with two attached hydrogens (primary N) is 1. The molecule has 1 aromatic carbocycles. The Kier molecular flexibility index (Phi) is 3.17. The Hall–Kier alpha value is -1.75. The van der Waals surface area contributed by atoms with Crippen LogP contribution in [0.3, 0.4) is 0 Å². The Balaban J connectivity index is 2.51. The van der Waals surface area contributed by atoms with Gasteiger partial charge in [-0.15, -0.1) is 0 Å². The van der Waals surface area contributed by atoms with E-state index in [0.29, 0.717) is 11.1 Å². The van der Waals surface area contributed by atoms with Gasteiger partial charge in [0.15, 0.2) is 0 Å². The molecule has 0 bridgehead atoms. The van der Waals surface area contributed by atoms with Gasteiger partial charge >= 0.3 is 6.18 Å². The number of anilines is 1. The minimum atomic E-state index is -4.39. The Bertz CT molecular complexity index is 582. The molecule has 0 saturated carbocycles. The summed E-state index contributed by atoms with van der Waals surface area (Å²) in [5, 5.41) is 0.266. The zero-order valence-electron chi connectivity index (χ0n) is 9.00. The summed E-state index contributed by atoms with van der Waals surface area (Å²) in [6, 6.07) is 6.29. The van der Waals surface area contributed by atoms with E-state index in [1.54, 1.807) is 0 Å². The van der Waals surface area contributed by atoms with Crippen molar-refractivity contribution in [3.05, 3.63) is 47.1 Å². The average Bonchev–Trinajstić information content (AvgIpc) is 2.28. The normalized spacial score (nSPS) is 11.6. The SMILES string of the molecule is Nc1cc(Cl)c(-c2cccc(C(F)(F)F)c2)cn1. The predicted molar refractivity (Wildman–Crippen MR) is 64.1 cm³/mol. The second kappa shape index (κ2) is 4.49. The van der Waals surface area contributed by atoms with Crippen LogP contribution >= 0.6 is 11.6 Å². The third kappa shape index (κ3) is 2.56. The molecule has 1 heterocycles. The number of pyridine rings is 1. The second-order valence-corrected chi connectivity index (χ2v) is 4.07. The molecule has 94 valence electrons. The fraction of sp³-hybridized carbons (Fsp3) is 0.0833. The number of rotatable bonds is 1. The van der Waals surface area contributed by atoms with E-state index in [1.807, 2.05) is 0 Å². The van der Waals surface area contributed by atoms with Crippen LogP contribution in [-0.4, -0.2) is 4.98 Å². The van der Waals surface area contributed by atoms with Gasteiger partial charge in [-0.05, 0) is 23.8 Å². The highest BCUT2D eigenvalue weighted by molar-refractivity contribution is 6.33. The van der Waals surface area contributed by atoms with Crippen LogP contribution in [0.4, 0.5) is 19.0 Å². The maximum Gasteiger partial charge on any atom is 0.416 e. The molecule has 0 saturated heterocycles. The Morgan fingerprint density at radius 3 is 2.50 bits per heavy atom. The average molecular weight is 273 g/mol. The summed E-state index contributed by atoms with van der Waals surface area (Å²) in [6.07, 6.45) is -3.03. The van der Waals surface area contributed by atoms with Gasteiger partial charge in [0.05, 0.1) is 10.6 Å². The van der Waals surface area contributed by atoms with E-state index >= 15 is 0 Å². The van der Waals surface area contributed by atoms with Gasteiger partial charge in [-0.25, -0.2) is 4.98 Å². The first kappa shape index (κ1) is 12.7. The highest BCUT2D eigenvalue weighted by Crippen LogP contribution is 2.34. The fourth-order valence-electron chi connectivity index (χ4n) is 1.52. The van der Waals surface area contributed by atoms with Gasteiger partial charge in [0.1, 0.15) is 5.82 Å². The van der Waals surface area contributed by atoms with Gasteiger partial charge < -0.3 is 5.73 Å². The Morgan fingerprint density at radius 1 is 1.17 bits per heavy atom. The molecule has 6 heteroatoms. The predicted octanol–water partition coefficient (Wildman–Crippen LogP) is 4.00. The summed E-state index contributed by atoms with van der Waals surface area (Å²) in [5.74, 6) is 0.218. The molecular weight excluding hydrogens is 265 g/mol. The number of halogens is 4. The van der Waals surface area contributed by atoms with Gasteiger partial charge in [-0.3, -0.25) is 0 Å². The van der Waals surface area contributed by atoms with Crippen molar-refractivity contribution in [2.45, 2.75) is 6.18 Å². The molecule has 0 radical (unpaired) electrons. The molecule has 0 atom stereocenters. The summed E-state index contributed by atoms with van der Waals surface area (Å²) in [4.78, 5) is 3.82. The van der Waals surface area contributed by atoms with E-state index in [0.717, 1.165) is 12.1 Å². The van der Waals surface area contributed by atoms with Crippen molar-refractivity contribution in [1.82, 2.24) is 4.98 Å². The molecule has 0 amide bonds. The van der Waals surface area contributed by atoms with Crippen LogP contribution in [0, 0.1) is 0 Å². The van der Waals surface area contributed by atoms with Gasteiger partial charge in [0.25, 0.3) is 0 Å². The van der Waals surface area contributed by atoms with Crippen molar-refractivity contribution in [2.24, 2.45) is 0 Å². The minimum Gasteiger partial charge on any atom is -0.384 e. The molecule has 2 N–H and O–H groups in total. The zero-order valence-corrected chi connectivity index (χ0v) is 9.76. The van der Waals surface area contributed by atoms with Crippen molar-refractivity contribution >= 4 is 17.4 Å². The summed E-state index contributed by atoms with van der Waals surface area (Å²) >= 11 is 5.93. The zero-order chi connectivity index (χ0) is 13.3. The van der Waals surface area contributed by atoms with Crippen molar-refractivity contribution < 1.29 is 13.2 Å². The lowest BCUT2D eigenvalue weighted by molar-refractivity contribution is -0.137. The largest absolute Gasteiger partial charge is 0.416 e. The topological polar surface area (TPSA) is 38.9 Å². The summed E-state index contributed by atoms with van der Waals surface area (Å²) in [6.45, 7) is 0. The summed E-state index contributed by atoms with van der Waals surface area (Å²) in [5.41, 5.74) is 5.46. The summed E-state index contributed by atoms with van der Waals surface area (Å²) in [7, 11) is 0. The van der Waals surface area contributed by atoms with Crippen molar-refractivity contribution in [3.63, 3.8) is 0 Å². The lowest BCUT2D eigenvalue weighted by Crippen LogP contribution is -2.04. The monoisotopic (exact) mass is 272 g/mol. The van der Waals surface area contributed by atoms with E-state index in [9.17, 15) is 13.2 Å². The van der Waals surface area contributed by atoms with Crippen LogP contribution in [0.1, 0.15) is 5.56 Å². The van der Waals surface area contributed by atoms with E-state index in [1.165, 1.54) is 24.4 Å². The van der Waals surface area contributed by atoms with Crippen LogP contribution in [0.5, 0.6) is 0 Å². The minimum absolute atomic E-state index is 0.218. The molecule has 0 aliphatic heterocycles. The standard InChI is InChI=1S/C12H8ClF3N2/c13-10-5-11(17)18-6-9(10)7-2-1-3-8(4-7)12(14,15)16/h1-6H,(H2,17,18). The number of aromatic nitrogens is 1. The smallest absolute Gasteiger partial charge is 0.384 e. The lowest BCUT2D eigenvalue weighted by Gasteiger charge is -2.09. The molecule has 0 spiro atoms. The molecular formula is C12H8ClF3N2. The fourth-order valence-corrected chi connectivity index (χ4v) is 1.79. The van der Waals surface area contributed by atoms with Crippen molar-refractivity contribution in [1.29, 1.82) is 0 Å². The van der Waals surface area contributed by atoms with Crippen LogP contribution < -0.4 is 5.73 Å². The maximum absolute atomic E-state index is 12.6. The molecule has 0 unspecified atom stereocenters. The molecule has 18 heavy (non-hydrogen) atoms. The van der Waals surface area contributed by atoms with Gasteiger partial charge in [0, 0.05) is 11.8 Å². The van der Waals surface area contributed by atoms with Crippen LogP contribution in [0.2, 0.25) is 5.02 Å². The highest BCUT2D eigenvalue weighted by Gasteiger charge is 2.30. The molecule has 0 aliphatic carbocycles. The first-order valence-corrected chi connectivity index (χ1v) is 5.34. The lowest BCUT2D eigenvalue weighted by atomic mass is 10.0. The van der Waals surface area contributed by atoms with Gasteiger partial charge in [-0.2, -0.15) is 13.2 Å². The Morgan fingerprint density at radius 2 is 1.89 bits per heavy atom. The van der Waals surface area contributed by atoms with E-state index in [2.05, 4.69) is 4.98 Å². The van der Waals surface area contributed by atoms with Crippen LogP contribution in [0.15, 0.2) is 36.5 Å². The number of hydrogen-bond acceptors (Lipinski definition) is 2. The van der Waals surface area contributed by atoms with Crippen molar-refractivity contribution in [3.8, 4) is 11.1 Å². The summed E-state index contributed by atoms with van der Waals surface area (Å²) < 4.78 is 37.7. The Labute approximate surface area is 106 Å². The molecule has 0 aliphatic rings. The third-order valence-corrected chi connectivity index (χ3v) is 2.69. The van der Waals surface area contributed by atoms with Gasteiger partial charge in [-0.1, -0.05) is 23.7 Å². The number of nitrogen functional groups attached to an aromatic ring is 1. The first-order chi connectivity index (χ1) is 8.38. The quantitative estimate of drug-likeness (QED) is 0.852. The highest BCUT2D eigenvalue weighted by atomic mass is 35.5. The maximum atomic E-state index is 12.6. The number of benzene rings is 1. The van der Waals surface area contributed by atoms with Crippen molar-refractivity contribution in [2.75, 3.05) is 5.73 Å². The molecule has 0 fully saturated rings. The molecule has 2 aromatic rings. The molecule has 1 aromatic heterocycles. The van der Waals surface area contributed by atoms with Crippen LogP contribution in [0.25, 0.3) is 11.1 Å². The van der Waals surface area contributed by atoms with E-state index in [4.69, 9.17) is 17.3 Å². The van der Waals surface area contributed by atoms with E-state index < -0.39 is 11.7 Å². The molecule has 2 nitrogen and oxygen atoms in total. The molecule has 2 rings (SSSR count). The first-order valence-electron chi connectivity index (χ1n) is 4.96. The number of hydrogen-bond donors (Lipinski definition) is 1. The second-order valence-electron chi connectivity index (χ2n) is 3.67.